The minimum atomic E-state index is -1.16. The van der Waals surface area contributed by atoms with Crippen molar-refractivity contribution in [3.63, 3.8) is 0 Å². The van der Waals surface area contributed by atoms with Gasteiger partial charge in [0.1, 0.15) is 42.6 Å². The van der Waals surface area contributed by atoms with Crippen LogP contribution in [0, 0.1) is 11.8 Å². The summed E-state index contributed by atoms with van der Waals surface area (Å²) < 4.78 is 16.6. The van der Waals surface area contributed by atoms with E-state index in [1.807, 2.05) is 27.7 Å². The van der Waals surface area contributed by atoms with Gasteiger partial charge in [-0.25, -0.2) is 14.4 Å². The molecule has 0 bridgehead atoms. The number of nitrogens with one attached hydrogen (secondary N) is 6. The second kappa shape index (κ2) is 36.1. The van der Waals surface area contributed by atoms with E-state index < -0.39 is 89.1 Å². The van der Waals surface area contributed by atoms with Crippen LogP contribution >= 0.6 is 0 Å². The van der Waals surface area contributed by atoms with Crippen LogP contribution in [0.1, 0.15) is 106 Å². The van der Waals surface area contributed by atoms with Crippen molar-refractivity contribution < 1.29 is 67.3 Å². The summed E-state index contributed by atoms with van der Waals surface area (Å²) in [5.74, 6) is -5.70. The van der Waals surface area contributed by atoms with E-state index in [1.165, 1.54) is 79.6 Å². The number of allylic oxidation sites excluding steroid dienone is 2. The minimum Gasteiger partial charge on any atom is -0.481 e. The molecule has 2 rings (SSSR count). The molecule has 24 heteroatoms. The number of aliphatic carboxylic acids is 1. The molecule has 2 aromatic rings. The molecule has 0 unspecified atom stereocenters. The van der Waals surface area contributed by atoms with Crippen molar-refractivity contribution in [1.82, 2.24) is 30.4 Å². The zero-order valence-electron chi connectivity index (χ0n) is 44.0. The molecule has 414 valence electrons. The average molecular weight is 1060 g/mol. The van der Waals surface area contributed by atoms with E-state index in [1.54, 1.807) is 13.8 Å². The second-order valence-electron chi connectivity index (χ2n) is 17.2. The maximum atomic E-state index is 13.0. The molecule has 0 fully saturated rings. The summed E-state index contributed by atoms with van der Waals surface area (Å²) in [6.07, 6.45) is 10.4. The third kappa shape index (κ3) is 27.1. The average Bonchev–Trinajstić information content (AvgIpc) is 3.35. The summed E-state index contributed by atoms with van der Waals surface area (Å²) in [6, 6.07) is 2.79. The molecule has 0 aliphatic rings. The Hall–Kier alpha value is -7.92. The van der Waals surface area contributed by atoms with Crippen LogP contribution < -0.4 is 43.0 Å². The van der Waals surface area contributed by atoms with Gasteiger partial charge in [0.2, 0.25) is 35.4 Å². The fourth-order valence-electron chi connectivity index (χ4n) is 6.76. The molecule has 2 heterocycles. The number of rotatable bonds is 31. The van der Waals surface area contributed by atoms with Gasteiger partial charge in [-0.1, -0.05) is 52.7 Å². The molecular weight excluding hydrogens is 981 g/mol. The molecule has 6 amide bonds. The van der Waals surface area contributed by atoms with Crippen LogP contribution in [0.4, 0.5) is 11.4 Å². The second-order valence-corrected chi connectivity index (χ2v) is 17.2. The first-order chi connectivity index (χ1) is 35.6. The van der Waals surface area contributed by atoms with Gasteiger partial charge in [-0.15, -0.1) is 0 Å². The van der Waals surface area contributed by atoms with Gasteiger partial charge in [-0.05, 0) is 82.1 Å². The summed E-state index contributed by atoms with van der Waals surface area (Å²) in [5.41, 5.74) is -1.42. The fraction of sp³-hybridized carbons (Fsp3) is 0.529. The predicted molar refractivity (Wildman–Crippen MR) is 276 cm³/mol. The van der Waals surface area contributed by atoms with E-state index in [2.05, 4.69) is 31.9 Å². The molecule has 2 aromatic heterocycles. The Bertz CT molecular complexity index is 2420. The molecule has 24 nitrogen and oxygen atoms in total. The Balaban J connectivity index is 0.000000750. The number of carbonyl (C=O) groups is 10. The molecule has 0 aliphatic heterocycles. The number of ether oxygens (including phenoxy) is 3. The highest BCUT2D eigenvalue weighted by atomic mass is 16.5. The van der Waals surface area contributed by atoms with E-state index in [0.29, 0.717) is 18.9 Å². The summed E-state index contributed by atoms with van der Waals surface area (Å²) in [6.45, 7) is 12.8. The van der Waals surface area contributed by atoms with Gasteiger partial charge < -0.3 is 60.4 Å². The van der Waals surface area contributed by atoms with Gasteiger partial charge in [0, 0.05) is 44.4 Å². The maximum Gasteiger partial charge on any atom is 0.330 e. The first kappa shape index (κ1) is 65.1. The monoisotopic (exact) mass is 1050 g/mol. The molecule has 0 saturated heterocycles. The van der Waals surface area contributed by atoms with Crippen molar-refractivity contribution >= 4 is 70.7 Å². The topological polar surface area (TPSA) is 335 Å². The number of esters is 3. The highest BCUT2D eigenvalue weighted by molar-refractivity contribution is 5.98. The van der Waals surface area contributed by atoms with Crippen LogP contribution in [0.2, 0.25) is 0 Å². The Labute approximate surface area is 435 Å². The van der Waals surface area contributed by atoms with E-state index in [0.717, 1.165) is 17.4 Å². The van der Waals surface area contributed by atoms with Crippen molar-refractivity contribution in [2.75, 3.05) is 37.5 Å². The first-order valence-electron chi connectivity index (χ1n) is 24.7. The highest BCUT2D eigenvalue weighted by Gasteiger charge is 2.25. The number of hydrogen-bond acceptors (Lipinski definition) is 15. The molecule has 0 radical (unpaired) electrons. The van der Waals surface area contributed by atoms with Crippen molar-refractivity contribution in [2.24, 2.45) is 11.8 Å². The Morgan fingerprint density at radius 1 is 0.653 bits per heavy atom. The lowest BCUT2D eigenvalue weighted by Gasteiger charge is -2.19. The number of carbonyl (C=O) groups excluding carboxylic acids is 9. The summed E-state index contributed by atoms with van der Waals surface area (Å²) in [4.78, 5) is 146. The molecule has 0 saturated carbocycles. The van der Waals surface area contributed by atoms with Crippen LogP contribution in [0.25, 0.3) is 0 Å². The van der Waals surface area contributed by atoms with E-state index in [-0.39, 0.29) is 81.6 Å². The summed E-state index contributed by atoms with van der Waals surface area (Å²) >= 11 is 0. The standard InChI is InChI=1S/C26H38N4O8.C25H36N4O8/c1-4-18(5-2)16-27-22(32)17-30-15-9-11-20(26(30)37)29-25(36)19(28-21(31)13-14-23(33)34)10-7-8-12-24(35)38-6-3;1-6-37-22(32)12-8-7-10-18(26-17(4)30)23(33)28-19-11-9-13-29(24(19)34)15-21(31)27-20(14-16(2)3)25(35)36-5/h8-9,11-12,15,18-19H,4-7,10,13-14,16-17H2,1-3H3,(H,27,32)(H,28,31)(H,29,36)(H,33,34);8-9,11-13,16,18,20H,6-7,10,14-15H2,1-5H3,(H,26,30)(H,27,31)(H,28,33)/b2*12-8+/t19-;18-,20-/m00/s1. The third-order valence-electron chi connectivity index (χ3n) is 10.7. The van der Waals surface area contributed by atoms with Crippen LogP contribution in [-0.2, 0) is 75.2 Å². The molecule has 7 N–H and O–H groups in total. The van der Waals surface area contributed by atoms with Crippen LogP contribution in [0.15, 0.2) is 70.6 Å². The lowest BCUT2D eigenvalue weighted by Crippen LogP contribution is -2.45. The van der Waals surface area contributed by atoms with Crippen molar-refractivity contribution in [2.45, 2.75) is 137 Å². The number of carboxylic acid groups (broad SMARTS) is 1. The van der Waals surface area contributed by atoms with Gasteiger partial charge >= 0.3 is 23.9 Å². The lowest BCUT2D eigenvalue weighted by atomic mass is 10.0. The van der Waals surface area contributed by atoms with Gasteiger partial charge in [-0.2, -0.15) is 0 Å². The van der Waals surface area contributed by atoms with Crippen molar-refractivity contribution in [3.05, 3.63) is 81.7 Å². The molecule has 0 spiro atoms. The SMILES string of the molecule is CCOC(=O)/C=C/CC[C@H](NC(=O)CCC(=O)O)C(=O)Nc1cccn(CC(=O)NCC(CC)CC)c1=O.CCOC(=O)/C=C/CC[C@H](NC(C)=O)C(=O)Nc1cccn(CC(=O)N[C@@H](CC(C)C)C(=O)OC)c1=O. The lowest BCUT2D eigenvalue weighted by molar-refractivity contribution is -0.145. The number of anilines is 2. The van der Waals surface area contributed by atoms with Crippen LogP contribution in [-0.4, -0.2) is 119 Å². The number of carboxylic acids is 1. The number of aromatic nitrogens is 2. The van der Waals surface area contributed by atoms with Gasteiger partial charge in [-0.3, -0.25) is 43.2 Å². The fourth-order valence-corrected chi connectivity index (χ4v) is 6.76. The Morgan fingerprint density at radius 3 is 1.55 bits per heavy atom. The largest absolute Gasteiger partial charge is 0.481 e. The van der Waals surface area contributed by atoms with E-state index in [4.69, 9.17) is 19.3 Å². The molecular formula is C51H74N8O16. The zero-order chi connectivity index (χ0) is 56.5. The molecule has 3 atom stereocenters. The highest BCUT2D eigenvalue weighted by Crippen LogP contribution is 2.10. The number of methoxy groups -OCH3 is 1. The number of amides is 6. The van der Waals surface area contributed by atoms with E-state index in [9.17, 15) is 57.5 Å². The van der Waals surface area contributed by atoms with Gasteiger partial charge in [0.05, 0.1) is 26.7 Å². The third-order valence-corrected chi connectivity index (χ3v) is 10.7. The number of hydrogen-bond donors (Lipinski definition) is 7. The Morgan fingerprint density at radius 2 is 1.12 bits per heavy atom. The normalized spacial score (nSPS) is 12.1. The van der Waals surface area contributed by atoms with Crippen LogP contribution in [0.3, 0.4) is 0 Å². The van der Waals surface area contributed by atoms with Crippen molar-refractivity contribution in [3.8, 4) is 0 Å². The van der Waals surface area contributed by atoms with E-state index >= 15 is 0 Å². The van der Waals surface area contributed by atoms with Crippen LogP contribution in [0.5, 0.6) is 0 Å². The smallest absolute Gasteiger partial charge is 0.330 e. The predicted octanol–water partition coefficient (Wildman–Crippen LogP) is 2.48. The molecule has 0 aromatic carbocycles. The molecule has 75 heavy (non-hydrogen) atoms. The van der Waals surface area contributed by atoms with Gasteiger partial charge in [0.25, 0.3) is 11.1 Å². The summed E-state index contributed by atoms with van der Waals surface area (Å²) in [7, 11) is 1.23. The number of nitrogens with zero attached hydrogens (tertiary/aromatic N) is 2. The number of pyridine rings is 2. The van der Waals surface area contributed by atoms with Gasteiger partial charge in [0.15, 0.2) is 0 Å². The quantitative estimate of drug-likeness (QED) is 0.0324. The first-order valence-corrected chi connectivity index (χ1v) is 24.7. The zero-order valence-corrected chi connectivity index (χ0v) is 44.0. The minimum absolute atomic E-state index is 0.0694. The Kier molecular flexibility index (Phi) is 31.3. The van der Waals surface area contributed by atoms with Crippen molar-refractivity contribution in [1.29, 1.82) is 0 Å². The maximum absolute atomic E-state index is 13.0. The summed E-state index contributed by atoms with van der Waals surface area (Å²) in [5, 5.41) is 24.1. The molecule has 0 aliphatic carbocycles.